The lowest BCUT2D eigenvalue weighted by atomic mass is 9.89. The van der Waals surface area contributed by atoms with E-state index in [-0.39, 0.29) is 58.0 Å². The summed E-state index contributed by atoms with van der Waals surface area (Å²) < 4.78 is 38.9. The van der Waals surface area contributed by atoms with E-state index in [0.717, 1.165) is 57.8 Å². The molecule has 5 atom stereocenters. The molecule has 16 heteroatoms. The number of aliphatic hydroxyl groups is 1. The molecule has 50 heavy (non-hydrogen) atoms. The van der Waals surface area contributed by atoms with Crippen LogP contribution in [0.2, 0.25) is 0 Å². The van der Waals surface area contributed by atoms with Crippen molar-refractivity contribution in [3.63, 3.8) is 0 Å². The van der Waals surface area contributed by atoms with Crippen LogP contribution in [0.15, 0.2) is 34.5 Å². The minimum atomic E-state index is -4.55. The van der Waals surface area contributed by atoms with Crippen LogP contribution in [0.25, 0.3) is 0 Å². The Bertz CT molecular complexity index is 1190. The molecule has 0 saturated heterocycles. The summed E-state index contributed by atoms with van der Waals surface area (Å²) in [4.78, 5) is 33.4. The summed E-state index contributed by atoms with van der Waals surface area (Å²) in [6.07, 6.45) is 2.95. The molecule has 0 aromatic heterocycles. The largest absolute Gasteiger partial charge is 0.442 e. The molecule has 3 rings (SSSR count). The average Bonchev–Trinajstić information content (AvgIpc) is 3.80. The first-order valence-corrected chi connectivity index (χ1v) is 17.1. The van der Waals surface area contributed by atoms with Crippen molar-refractivity contribution >= 4 is 34.3 Å². The highest BCUT2D eigenvalue weighted by molar-refractivity contribution is 8.93. The summed E-state index contributed by atoms with van der Waals surface area (Å²) in [7, 11) is 5.38. The Morgan fingerprint density at radius 1 is 0.940 bits per heavy atom. The van der Waals surface area contributed by atoms with E-state index in [1.54, 1.807) is 27.8 Å². The van der Waals surface area contributed by atoms with Crippen LogP contribution in [0.3, 0.4) is 0 Å². The van der Waals surface area contributed by atoms with Crippen LogP contribution in [0, 0.1) is 0 Å². The zero-order valence-electron chi connectivity index (χ0n) is 30.4. The third kappa shape index (κ3) is 14.4. The third-order valence-corrected chi connectivity index (χ3v) is 9.25. The number of hydrogen-bond acceptors (Lipinski definition) is 12. The van der Waals surface area contributed by atoms with Gasteiger partial charge in [-0.05, 0) is 106 Å². The average molecular weight is 782 g/mol. The summed E-state index contributed by atoms with van der Waals surface area (Å²) >= 11 is 0. The van der Waals surface area contributed by atoms with E-state index in [2.05, 4.69) is 31.5 Å². The van der Waals surface area contributed by atoms with Crippen molar-refractivity contribution < 1.29 is 32.7 Å². The van der Waals surface area contributed by atoms with Gasteiger partial charge in [0.25, 0.3) is 0 Å². The molecule has 1 saturated carbocycles. The van der Waals surface area contributed by atoms with Gasteiger partial charge >= 0.3 is 11.8 Å². The maximum atomic E-state index is 13.0. The quantitative estimate of drug-likeness (QED) is 0.102. The highest BCUT2D eigenvalue weighted by atomic mass is 79.9. The third-order valence-electron chi connectivity index (χ3n) is 9.25. The topological polar surface area (TPSA) is 196 Å². The summed E-state index contributed by atoms with van der Waals surface area (Å²) in [5.41, 5.74) is 8.79. The Kier molecular flexibility index (Phi) is 22.4. The summed E-state index contributed by atoms with van der Waals surface area (Å²) in [6.45, 7) is 6.47. The first-order valence-electron chi connectivity index (χ1n) is 17.1. The van der Waals surface area contributed by atoms with Crippen LogP contribution in [0.1, 0.15) is 95.8 Å². The first-order chi connectivity index (χ1) is 23.1. The van der Waals surface area contributed by atoms with Crippen molar-refractivity contribution in [3.8, 4) is 0 Å². The number of ketones is 3. The molecule has 0 bridgehead atoms. The first kappa shape index (κ1) is 47.8. The van der Waals surface area contributed by atoms with Crippen molar-refractivity contribution in [2.45, 2.75) is 120 Å². The molecule has 288 valence electrons. The Hall–Kier alpha value is -2.18. The van der Waals surface area contributed by atoms with Gasteiger partial charge in [0.15, 0.2) is 5.78 Å². The fraction of sp³-hybridized carbons (Fsp3) is 0.735. The molecule has 1 heterocycles. The van der Waals surface area contributed by atoms with Crippen molar-refractivity contribution in [2.75, 3.05) is 40.8 Å². The van der Waals surface area contributed by atoms with E-state index in [0.29, 0.717) is 25.2 Å². The van der Waals surface area contributed by atoms with E-state index < -0.39 is 23.5 Å². The maximum Gasteiger partial charge on any atom is 0.442 e. The van der Waals surface area contributed by atoms with E-state index in [1.165, 1.54) is 24.3 Å². The molecule has 0 spiro atoms. The molecular formula is C34H60BrF3N8O4. The molecule has 0 radical (unpaired) electrons. The monoisotopic (exact) mass is 780 g/mol. The number of rotatable bonds is 19. The highest BCUT2D eigenvalue weighted by Gasteiger charge is 2.65. The second kappa shape index (κ2) is 23.4. The number of unbranched alkanes of at least 4 members (excludes halogenated alkanes) is 2. The predicted octanol–water partition coefficient (Wildman–Crippen LogP) is 3.75. The van der Waals surface area contributed by atoms with Crippen molar-refractivity contribution in [2.24, 2.45) is 21.7 Å². The fourth-order valence-electron chi connectivity index (χ4n) is 5.89. The molecule has 2 aliphatic rings. The minimum absolute atomic E-state index is 0. The summed E-state index contributed by atoms with van der Waals surface area (Å²) in [6, 6.07) is 5.43. The number of nitrogens with one attached hydrogen (secondary N) is 4. The lowest BCUT2D eigenvalue weighted by Crippen LogP contribution is -2.58. The molecule has 1 aromatic rings. The number of carbonyl (C=O) groups excluding carboxylic acids is 3. The molecule has 1 fully saturated rings. The van der Waals surface area contributed by atoms with Gasteiger partial charge < -0.3 is 37.8 Å². The van der Waals surface area contributed by atoms with Crippen LogP contribution >= 0.6 is 17.0 Å². The normalized spacial score (nSPS) is 20.6. The number of hydrogen-bond donors (Lipinski definition) is 7. The molecule has 1 aromatic carbocycles. The SMILES string of the molecule is Br.CNC(CCCCN)C(C)=O.CNC(CCCCNCC(O)c1ccc(C2(C(F)(F)F)N=N2)cc1)C(C)=O.CNC1(C(C)=O)CCCC1N. The van der Waals surface area contributed by atoms with Crippen molar-refractivity contribution in [1.29, 1.82) is 0 Å². The van der Waals surface area contributed by atoms with Gasteiger partial charge in [-0.15, -0.1) is 27.2 Å². The Morgan fingerprint density at radius 3 is 1.80 bits per heavy atom. The number of carbonyl (C=O) groups is 3. The number of benzene rings is 1. The standard InChI is InChI=1S/C18H25F3N4O2.C8H16N2O.C8H18N2O.BrH/c1-12(26)15(22-2)5-3-4-10-23-11-16(27)13-6-8-14(9-7-13)17(24-25-17)18(19,20)21;1-6(11)8(10-2)5-3-4-7(8)9;1-7(11)8(10-2)5-3-4-6-9;/h6-9,15-16,22-23,27H,3-5,10-11H2,1-2H3;7,10H,3-5,9H2,1-2H3;8,10H,3-6,9H2,1-2H3;1H. The van der Waals surface area contributed by atoms with Crippen LogP contribution in [-0.4, -0.2) is 93.1 Å². The van der Waals surface area contributed by atoms with Crippen LogP contribution in [0.5, 0.6) is 0 Å². The Balaban J connectivity index is 0.000000860. The number of likely N-dealkylation sites (N-methyl/N-ethyl adjacent to an activating group) is 3. The minimum Gasteiger partial charge on any atom is -0.387 e. The van der Waals surface area contributed by atoms with Crippen LogP contribution in [-0.2, 0) is 20.0 Å². The van der Waals surface area contributed by atoms with Gasteiger partial charge in [-0.25, -0.2) is 0 Å². The summed E-state index contributed by atoms with van der Waals surface area (Å²) in [5, 5.41) is 28.6. The smallest absolute Gasteiger partial charge is 0.387 e. The molecule has 0 amide bonds. The molecule has 5 unspecified atom stereocenters. The Morgan fingerprint density at radius 2 is 1.46 bits per heavy atom. The molecule has 12 nitrogen and oxygen atoms in total. The molecular weight excluding hydrogens is 721 g/mol. The van der Waals surface area contributed by atoms with Gasteiger partial charge in [-0.2, -0.15) is 13.2 Å². The lowest BCUT2D eigenvalue weighted by molar-refractivity contribution is -0.166. The van der Waals surface area contributed by atoms with E-state index in [9.17, 15) is 32.7 Å². The van der Waals surface area contributed by atoms with E-state index >= 15 is 0 Å². The van der Waals surface area contributed by atoms with Crippen LogP contribution < -0.4 is 32.7 Å². The number of Topliss-reactive ketones (excluding diaryl/α,β-unsaturated/α-hetero) is 3. The maximum absolute atomic E-state index is 13.0. The molecule has 9 N–H and O–H groups in total. The van der Waals surface area contributed by atoms with Gasteiger partial charge in [0.1, 0.15) is 11.6 Å². The predicted molar refractivity (Wildman–Crippen MR) is 195 cm³/mol. The fourth-order valence-corrected chi connectivity index (χ4v) is 5.89. The van der Waals surface area contributed by atoms with Gasteiger partial charge in [-0.1, -0.05) is 37.1 Å². The molecule has 1 aliphatic heterocycles. The second-order valence-electron chi connectivity index (χ2n) is 12.7. The van der Waals surface area contributed by atoms with Crippen LogP contribution in [0.4, 0.5) is 13.2 Å². The van der Waals surface area contributed by atoms with Gasteiger partial charge in [0.2, 0.25) is 0 Å². The molecule has 1 aliphatic carbocycles. The van der Waals surface area contributed by atoms with Crippen molar-refractivity contribution in [3.05, 3.63) is 35.4 Å². The second-order valence-corrected chi connectivity index (χ2v) is 12.7. The highest BCUT2D eigenvalue weighted by Crippen LogP contribution is 2.52. The number of aliphatic hydroxyl groups excluding tert-OH is 1. The number of nitrogens with zero attached hydrogens (tertiary/aromatic N) is 2. The van der Waals surface area contributed by atoms with Gasteiger partial charge in [0, 0.05) is 18.2 Å². The zero-order valence-corrected chi connectivity index (χ0v) is 32.1. The lowest BCUT2D eigenvalue weighted by Gasteiger charge is -2.30. The van der Waals surface area contributed by atoms with Crippen molar-refractivity contribution in [1.82, 2.24) is 21.3 Å². The van der Waals surface area contributed by atoms with Gasteiger partial charge in [0.05, 0.1) is 23.7 Å². The summed E-state index contributed by atoms with van der Waals surface area (Å²) in [5.74, 6) is 0.498. The van der Waals surface area contributed by atoms with E-state index in [1.807, 2.05) is 14.1 Å². The van der Waals surface area contributed by atoms with Gasteiger partial charge in [-0.3, -0.25) is 14.4 Å². The number of alkyl halides is 3. The number of nitrogens with two attached hydrogens (primary N) is 2. The number of halogens is 4. The van der Waals surface area contributed by atoms with E-state index in [4.69, 9.17) is 11.5 Å². The zero-order chi connectivity index (χ0) is 37.3. The Labute approximate surface area is 305 Å².